The van der Waals surface area contributed by atoms with Gasteiger partial charge in [-0.2, -0.15) is 5.10 Å². The van der Waals surface area contributed by atoms with Gasteiger partial charge in [0.1, 0.15) is 5.82 Å². The first kappa shape index (κ1) is 23.2. The maximum Gasteiger partial charge on any atom is 0.251 e. The highest BCUT2D eigenvalue weighted by Crippen LogP contribution is 2.18. The lowest BCUT2D eigenvalue weighted by molar-refractivity contribution is -0.129. The number of likely N-dealkylation sites (tertiary alicyclic amines) is 1. The molecule has 1 saturated heterocycles. The van der Waals surface area contributed by atoms with Crippen molar-refractivity contribution in [2.24, 2.45) is 7.05 Å². The van der Waals surface area contributed by atoms with Crippen LogP contribution in [-0.2, 0) is 24.8 Å². The van der Waals surface area contributed by atoms with E-state index >= 15 is 0 Å². The van der Waals surface area contributed by atoms with Gasteiger partial charge in [-0.1, -0.05) is 0 Å². The molecular formula is C23H33N7O3. The summed E-state index contributed by atoms with van der Waals surface area (Å²) in [6, 6.07) is 3.62. The molecule has 0 aromatic carbocycles. The molecule has 10 heteroatoms. The van der Waals surface area contributed by atoms with E-state index < -0.39 is 6.10 Å². The number of carbonyl (C=O) groups excluding carboxylic acids is 2. The van der Waals surface area contributed by atoms with Crippen LogP contribution in [0.15, 0.2) is 24.5 Å². The fraction of sp³-hybridized carbons (Fsp3) is 0.565. The van der Waals surface area contributed by atoms with Crippen LogP contribution in [0.1, 0.15) is 41.4 Å². The molecule has 3 N–H and O–H groups in total. The first-order valence-electron chi connectivity index (χ1n) is 11.6. The Morgan fingerprint density at radius 3 is 2.82 bits per heavy atom. The van der Waals surface area contributed by atoms with Gasteiger partial charge in [-0.15, -0.1) is 0 Å². The summed E-state index contributed by atoms with van der Waals surface area (Å²) in [4.78, 5) is 32.5. The van der Waals surface area contributed by atoms with E-state index in [1.807, 2.05) is 22.8 Å². The Kier molecular flexibility index (Phi) is 7.24. The zero-order valence-electron chi connectivity index (χ0n) is 19.3. The van der Waals surface area contributed by atoms with Crippen molar-refractivity contribution in [1.82, 2.24) is 29.9 Å². The van der Waals surface area contributed by atoms with Gasteiger partial charge in [0, 0.05) is 71.0 Å². The van der Waals surface area contributed by atoms with Crippen LogP contribution >= 0.6 is 0 Å². The number of aryl methyl sites for hydroxylation is 1. The minimum absolute atomic E-state index is 0.106. The van der Waals surface area contributed by atoms with E-state index in [1.54, 1.807) is 25.3 Å². The topological polar surface area (TPSA) is 116 Å². The second kappa shape index (κ2) is 10.3. The van der Waals surface area contributed by atoms with E-state index in [-0.39, 0.29) is 24.4 Å². The minimum Gasteiger partial charge on any atom is -0.390 e. The Bertz CT molecular complexity index is 984. The third-order valence-electron chi connectivity index (χ3n) is 6.50. The Hall–Kier alpha value is -2.98. The number of aliphatic hydroxyl groups is 1. The largest absolute Gasteiger partial charge is 0.390 e. The molecule has 0 unspecified atom stereocenters. The van der Waals surface area contributed by atoms with Gasteiger partial charge in [-0.05, 0) is 37.0 Å². The first-order chi connectivity index (χ1) is 15.9. The molecule has 4 heterocycles. The number of hydrogen-bond donors (Lipinski definition) is 3. The highest BCUT2D eigenvalue weighted by Gasteiger charge is 2.23. The molecule has 2 aliphatic heterocycles. The molecule has 1 fully saturated rings. The number of aromatic nitrogens is 3. The van der Waals surface area contributed by atoms with Gasteiger partial charge in [0.05, 0.1) is 18.0 Å². The summed E-state index contributed by atoms with van der Waals surface area (Å²) in [6.07, 6.45) is 5.48. The molecule has 2 aromatic heterocycles. The Morgan fingerprint density at radius 1 is 1.27 bits per heavy atom. The number of β-amino-alcohol motifs (C(OH)–C–C–N with tert-alkyl or cyclic N) is 1. The number of aliphatic hydroxyl groups excluding tert-OH is 1. The summed E-state index contributed by atoms with van der Waals surface area (Å²) in [5, 5.41) is 21.0. The van der Waals surface area contributed by atoms with Crippen LogP contribution in [0, 0.1) is 0 Å². The van der Waals surface area contributed by atoms with Crippen LogP contribution in [0.5, 0.6) is 0 Å². The molecule has 178 valence electrons. The maximum absolute atomic E-state index is 12.6. The van der Waals surface area contributed by atoms with Crippen molar-refractivity contribution in [3.8, 4) is 0 Å². The van der Waals surface area contributed by atoms with Crippen LogP contribution in [0.4, 0.5) is 5.82 Å². The number of fused-ring (bicyclic) bond motifs is 1. The van der Waals surface area contributed by atoms with Gasteiger partial charge in [-0.3, -0.25) is 19.2 Å². The maximum atomic E-state index is 12.6. The number of nitrogens with zero attached hydrogens (tertiary/aromatic N) is 5. The van der Waals surface area contributed by atoms with Gasteiger partial charge < -0.3 is 20.6 Å². The van der Waals surface area contributed by atoms with Gasteiger partial charge in [-0.25, -0.2) is 4.98 Å². The number of carbonyl (C=O) groups is 2. The normalized spacial score (nSPS) is 18.0. The Morgan fingerprint density at radius 2 is 2.06 bits per heavy atom. The second-order valence-corrected chi connectivity index (χ2v) is 8.94. The van der Waals surface area contributed by atoms with Crippen molar-refractivity contribution in [2.75, 3.05) is 38.0 Å². The van der Waals surface area contributed by atoms with Gasteiger partial charge in [0.2, 0.25) is 5.91 Å². The number of hydrogen-bond acceptors (Lipinski definition) is 7. The molecule has 0 bridgehead atoms. The number of anilines is 1. The van der Waals surface area contributed by atoms with Crippen molar-refractivity contribution in [2.45, 2.75) is 44.9 Å². The van der Waals surface area contributed by atoms with E-state index in [9.17, 15) is 14.7 Å². The van der Waals surface area contributed by atoms with Gasteiger partial charge in [0.25, 0.3) is 5.91 Å². The monoisotopic (exact) mass is 455 g/mol. The summed E-state index contributed by atoms with van der Waals surface area (Å²) in [7, 11) is 1.94. The van der Waals surface area contributed by atoms with Gasteiger partial charge >= 0.3 is 0 Å². The number of piperidine rings is 1. The summed E-state index contributed by atoms with van der Waals surface area (Å²) < 4.78 is 1.89. The fourth-order valence-corrected chi connectivity index (χ4v) is 4.52. The molecule has 0 radical (unpaired) electrons. The fourth-order valence-electron chi connectivity index (χ4n) is 4.52. The summed E-state index contributed by atoms with van der Waals surface area (Å²) in [6.45, 7) is 5.34. The van der Waals surface area contributed by atoms with Crippen LogP contribution in [-0.4, -0.2) is 86.4 Å². The number of nitrogens with one attached hydrogen (secondary N) is 2. The lowest BCUT2D eigenvalue weighted by atomic mass is 10.0. The molecule has 0 aliphatic carbocycles. The average Bonchev–Trinajstić information content (AvgIpc) is 3.18. The van der Waals surface area contributed by atoms with Crippen LogP contribution in [0.3, 0.4) is 0 Å². The molecule has 2 aromatic rings. The molecule has 4 rings (SSSR count). The third kappa shape index (κ3) is 5.88. The number of pyridine rings is 1. The second-order valence-electron chi connectivity index (χ2n) is 8.94. The SMILES string of the molecule is CC(=O)N1CCC(Nc2cc(C(=O)NC[C@H](O)CN3CCc4cnn(C)c4C3)ccn2)CC1. The highest BCUT2D eigenvalue weighted by atomic mass is 16.3. The van der Waals surface area contributed by atoms with Crippen molar-refractivity contribution >= 4 is 17.6 Å². The third-order valence-corrected chi connectivity index (χ3v) is 6.50. The first-order valence-corrected chi connectivity index (χ1v) is 11.6. The van der Waals surface area contributed by atoms with Crippen molar-refractivity contribution in [3.63, 3.8) is 0 Å². The zero-order chi connectivity index (χ0) is 23.4. The minimum atomic E-state index is -0.658. The van der Waals surface area contributed by atoms with Crippen LogP contribution < -0.4 is 10.6 Å². The summed E-state index contributed by atoms with van der Waals surface area (Å²) in [5.74, 6) is 0.512. The van der Waals surface area contributed by atoms with Crippen LogP contribution in [0.2, 0.25) is 0 Å². The van der Waals surface area contributed by atoms with E-state index in [4.69, 9.17) is 0 Å². The predicted octanol–water partition coefficient (Wildman–Crippen LogP) is 0.387. The van der Waals surface area contributed by atoms with Crippen molar-refractivity contribution in [3.05, 3.63) is 41.3 Å². The van der Waals surface area contributed by atoms with E-state index in [0.29, 0.717) is 17.9 Å². The van der Waals surface area contributed by atoms with Crippen molar-refractivity contribution < 1.29 is 14.7 Å². The summed E-state index contributed by atoms with van der Waals surface area (Å²) in [5.41, 5.74) is 2.95. The van der Waals surface area contributed by atoms with Crippen LogP contribution in [0.25, 0.3) is 0 Å². The smallest absolute Gasteiger partial charge is 0.251 e. The van der Waals surface area contributed by atoms with Crippen molar-refractivity contribution in [1.29, 1.82) is 0 Å². The Balaban J connectivity index is 1.23. The lowest BCUT2D eigenvalue weighted by Crippen LogP contribution is -2.42. The molecular weight excluding hydrogens is 422 g/mol. The van der Waals surface area contributed by atoms with Gasteiger partial charge in [0.15, 0.2) is 0 Å². The highest BCUT2D eigenvalue weighted by molar-refractivity contribution is 5.94. The number of amides is 2. The molecule has 2 aliphatic rings. The molecule has 2 amide bonds. The van der Waals surface area contributed by atoms with E-state index in [1.165, 1.54) is 11.3 Å². The zero-order valence-corrected chi connectivity index (χ0v) is 19.3. The quantitative estimate of drug-likeness (QED) is 0.553. The standard InChI is InChI=1S/C23H33N7O3/c1-16(31)30-9-5-19(6-10-30)27-22-11-17(3-7-24-22)23(33)25-13-20(32)14-29-8-4-18-12-26-28(2)21(18)15-29/h3,7,11-12,19-20,32H,4-6,8-10,13-15H2,1-2H3,(H,24,27)(H,25,33)/t20-/m0/s1. The average molecular weight is 456 g/mol. The van der Waals surface area contributed by atoms with E-state index in [0.717, 1.165) is 45.4 Å². The molecule has 33 heavy (non-hydrogen) atoms. The molecule has 0 saturated carbocycles. The predicted molar refractivity (Wildman–Crippen MR) is 124 cm³/mol. The molecule has 1 atom stereocenters. The lowest BCUT2D eigenvalue weighted by Gasteiger charge is -2.32. The summed E-state index contributed by atoms with van der Waals surface area (Å²) >= 11 is 0. The Labute approximate surface area is 194 Å². The molecule has 0 spiro atoms. The van der Waals surface area contributed by atoms with E-state index in [2.05, 4.69) is 25.6 Å². The molecule has 10 nitrogen and oxygen atoms in total. The number of rotatable bonds is 7.